The molecule has 2 amide bonds. The van der Waals surface area contributed by atoms with Gasteiger partial charge in [-0.3, -0.25) is 4.79 Å². The molecule has 7 heteroatoms. The minimum absolute atomic E-state index is 0.0889. The van der Waals surface area contributed by atoms with Gasteiger partial charge in [0.05, 0.1) is 6.54 Å². The van der Waals surface area contributed by atoms with Gasteiger partial charge in [-0.1, -0.05) is 115 Å². The van der Waals surface area contributed by atoms with Crippen molar-refractivity contribution in [1.29, 1.82) is 0 Å². The summed E-state index contributed by atoms with van der Waals surface area (Å²) in [6.07, 6.45) is -0.953. The Balaban J connectivity index is 1.24. The Labute approximate surface area is 282 Å². The maximum absolute atomic E-state index is 14.5. The zero-order chi connectivity index (χ0) is 33.3. The first-order valence-electron chi connectivity index (χ1n) is 16.7. The van der Waals surface area contributed by atoms with Crippen molar-refractivity contribution in [3.05, 3.63) is 144 Å². The monoisotopic (exact) mass is 642 g/mol. The van der Waals surface area contributed by atoms with E-state index in [1.807, 2.05) is 86.6 Å². The third-order valence-corrected chi connectivity index (χ3v) is 8.79. The standard InChI is InChI=1S/C41H42N2O5/c1-3-46-39(47-4-2)27-43(26-30-22-23-31-16-8-9-17-32(31)24-30)40(44)38(25-29-14-6-5-7-15-29)42-41(45)48-28-37-35-20-12-10-18-33(35)34-19-11-13-21-36(34)37/h5-24,37-39H,3-4,25-28H2,1-2H3,(H,42,45). The van der Waals surface area contributed by atoms with Crippen LogP contribution in [0.3, 0.4) is 0 Å². The molecule has 7 nitrogen and oxygen atoms in total. The van der Waals surface area contributed by atoms with Gasteiger partial charge >= 0.3 is 6.09 Å². The third-order valence-electron chi connectivity index (χ3n) is 8.79. The Morgan fingerprint density at radius 2 is 1.31 bits per heavy atom. The van der Waals surface area contributed by atoms with Gasteiger partial charge in [-0.15, -0.1) is 0 Å². The van der Waals surface area contributed by atoms with Gasteiger partial charge in [0, 0.05) is 32.1 Å². The van der Waals surface area contributed by atoms with E-state index in [1.165, 1.54) is 0 Å². The Hall–Kier alpha value is -4.98. The van der Waals surface area contributed by atoms with Gasteiger partial charge in [-0.25, -0.2) is 4.79 Å². The molecule has 0 saturated carbocycles. The lowest BCUT2D eigenvalue weighted by Gasteiger charge is -2.31. The molecule has 5 aromatic carbocycles. The summed E-state index contributed by atoms with van der Waals surface area (Å²) < 4.78 is 17.6. The number of carbonyl (C=O) groups is 2. The molecule has 6 rings (SSSR count). The number of nitrogens with one attached hydrogen (secondary N) is 1. The van der Waals surface area contributed by atoms with Crippen molar-refractivity contribution in [3.8, 4) is 11.1 Å². The summed E-state index contributed by atoms with van der Waals surface area (Å²) in [5, 5.41) is 5.15. The number of hydrogen-bond acceptors (Lipinski definition) is 5. The second kappa shape index (κ2) is 15.7. The molecule has 0 saturated heterocycles. The fourth-order valence-electron chi connectivity index (χ4n) is 6.55. The Bertz CT molecular complexity index is 1790. The number of amides is 2. The van der Waals surface area contributed by atoms with Crippen LogP contribution in [0.15, 0.2) is 121 Å². The van der Waals surface area contributed by atoms with E-state index in [2.05, 4.69) is 53.8 Å². The molecular weight excluding hydrogens is 600 g/mol. The van der Waals surface area contributed by atoms with Crippen LogP contribution >= 0.6 is 0 Å². The van der Waals surface area contributed by atoms with E-state index < -0.39 is 18.4 Å². The van der Waals surface area contributed by atoms with Crippen LogP contribution in [-0.2, 0) is 32.0 Å². The van der Waals surface area contributed by atoms with Crippen LogP contribution in [0.1, 0.15) is 42.0 Å². The lowest BCUT2D eigenvalue weighted by molar-refractivity contribution is -0.160. The van der Waals surface area contributed by atoms with Crippen molar-refractivity contribution in [3.63, 3.8) is 0 Å². The van der Waals surface area contributed by atoms with Gasteiger partial charge in [0.15, 0.2) is 6.29 Å². The average Bonchev–Trinajstić information content (AvgIpc) is 3.44. The van der Waals surface area contributed by atoms with Crippen molar-refractivity contribution in [2.75, 3.05) is 26.4 Å². The number of carbonyl (C=O) groups excluding carboxylic acids is 2. The van der Waals surface area contributed by atoms with Crippen LogP contribution in [0, 0.1) is 0 Å². The highest BCUT2D eigenvalue weighted by molar-refractivity contribution is 5.87. The first kappa shape index (κ1) is 32.9. The molecule has 0 aromatic heterocycles. The van der Waals surface area contributed by atoms with Crippen molar-refractivity contribution in [2.24, 2.45) is 0 Å². The molecule has 5 aromatic rings. The van der Waals surface area contributed by atoms with Crippen LogP contribution in [-0.4, -0.2) is 55.6 Å². The molecular formula is C41H42N2O5. The van der Waals surface area contributed by atoms with Crippen LogP contribution in [0.2, 0.25) is 0 Å². The molecule has 0 aliphatic heterocycles. The number of hydrogen-bond donors (Lipinski definition) is 1. The quantitative estimate of drug-likeness (QED) is 0.126. The molecule has 1 aliphatic carbocycles. The smallest absolute Gasteiger partial charge is 0.407 e. The molecule has 0 spiro atoms. The van der Waals surface area contributed by atoms with E-state index in [4.69, 9.17) is 14.2 Å². The Kier molecular flexibility index (Phi) is 10.8. The minimum atomic E-state index is -0.882. The average molecular weight is 643 g/mol. The minimum Gasteiger partial charge on any atom is -0.449 e. The Morgan fingerprint density at radius 1 is 0.708 bits per heavy atom. The lowest BCUT2D eigenvalue weighted by atomic mass is 9.98. The van der Waals surface area contributed by atoms with Gasteiger partial charge in [0.1, 0.15) is 12.6 Å². The predicted octanol–water partition coefficient (Wildman–Crippen LogP) is 7.72. The number of nitrogens with zero attached hydrogens (tertiary/aromatic N) is 1. The largest absolute Gasteiger partial charge is 0.449 e. The Morgan fingerprint density at radius 3 is 1.98 bits per heavy atom. The SMILES string of the molecule is CCOC(CN(Cc1ccc2ccccc2c1)C(=O)C(Cc1ccccc1)NC(=O)OCC1c2ccccc2-c2ccccc21)OCC. The molecule has 1 aliphatic rings. The van der Waals surface area contributed by atoms with Crippen molar-refractivity contribution in [1.82, 2.24) is 10.2 Å². The third kappa shape index (κ3) is 7.76. The first-order valence-corrected chi connectivity index (χ1v) is 16.7. The summed E-state index contributed by atoms with van der Waals surface area (Å²) in [4.78, 5) is 29.8. The number of ether oxygens (including phenoxy) is 3. The number of benzene rings is 5. The summed E-state index contributed by atoms with van der Waals surface area (Å²) in [5.41, 5.74) is 6.45. The highest BCUT2D eigenvalue weighted by atomic mass is 16.7. The number of alkyl carbamates (subject to hydrolysis) is 1. The van der Waals surface area contributed by atoms with E-state index >= 15 is 0 Å². The van der Waals surface area contributed by atoms with Gasteiger partial charge in [-0.05, 0) is 64.1 Å². The first-order chi connectivity index (χ1) is 23.5. The highest BCUT2D eigenvalue weighted by Crippen LogP contribution is 2.44. The van der Waals surface area contributed by atoms with E-state index in [0.717, 1.165) is 44.2 Å². The molecule has 0 bridgehead atoms. The molecule has 0 radical (unpaired) electrons. The zero-order valence-corrected chi connectivity index (χ0v) is 27.5. The van der Waals surface area contributed by atoms with Crippen LogP contribution in [0.4, 0.5) is 4.79 Å². The second-order valence-electron chi connectivity index (χ2n) is 12.0. The van der Waals surface area contributed by atoms with E-state index in [0.29, 0.717) is 26.2 Å². The number of rotatable bonds is 14. The summed E-state index contributed by atoms with van der Waals surface area (Å²) in [5.74, 6) is -0.334. The maximum Gasteiger partial charge on any atom is 0.407 e. The van der Waals surface area contributed by atoms with Crippen LogP contribution < -0.4 is 5.32 Å². The fourth-order valence-corrected chi connectivity index (χ4v) is 6.55. The van der Waals surface area contributed by atoms with Crippen LogP contribution in [0.25, 0.3) is 21.9 Å². The maximum atomic E-state index is 14.5. The van der Waals surface area contributed by atoms with E-state index in [9.17, 15) is 9.59 Å². The molecule has 1 unspecified atom stereocenters. The summed E-state index contributed by atoms with van der Waals surface area (Å²) in [6, 6.07) is 39.6. The van der Waals surface area contributed by atoms with Crippen LogP contribution in [0.5, 0.6) is 0 Å². The van der Waals surface area contributed by atoms with E-state index in [-0.39, 0.29) is 25.0 Å². The molecule has 0 fully saturated rings. The molecule has 1 atom stereocenters. The summed E-state index contributed by atoms with van der Waals surface area (Å²) in [6.45, 7) is 5.35. The topological polar surface area (TPSA) is 77.1 Å². The summed E-state index contributed by atoms with van der Waals surface area (Å²) in [7, 11) is 0. The van der Waals surface area contributed by atoms with Gasteiger partial charge in [-0.2, -0.15) is 0 Å². The zero-order valence-electron chi connectivity index (χ0n) is 27.5. The van der Waals surface area contributed by atoms with Gasteiger partial charge < -0.3 is 24.4 Å². The molecule has 1 N–H and O–H groups in total. The lowest BCUT2D eigenvalue weighted by Crippen LogP contribution is -2.51. The highest BCUT2D eigenvalue weighted by Gasteiger charge is 2.32. The van der Waals surface area contributed by atoms with Crippen molar-refractivity contribution < 1.29 is 23.8 Å². The predicted molar refractivity (Wildman–Crippen MR) is 189 cm³/mol. The summed E-state index contributed by atoms with van der Waals surface area (Å²) >= 11 is 0. The fraction of sp³-hybridized carbons (Fsp3) is 0.268. The molecule has 0 heterocycles. The second-order valence-corrected chi connectivity index (χ2v) is 12.0. The normalized spacial score (nSPS) is 12.8. The van der Waals surface area contributed by atoms with Gasteiger partial charge in [0.25, 0.3) is 0 Å². The molecule has 246 valence electrons. The molecule has 48 heavy (non-hydrogen) atoms. The number of fused-ring (bicyclic) bond motifs is 4. The van der Waals surface area contributed by atoms with Crippen molar-refractivity contribution >= 4 is 22.8 Å². The van der Waals surface area contributed by atoms with E-state index in [1.54, 1.807) is 4.90 Å². The van der Waals surface area contributed by atoms with Gasteiger partial charge in [0.2, 0.25) is 5.91 Å². The van der Waals surface area contributed by atoms with Crippen molar-refractivity contribution in [2.45, 2.75) is 45.1 Å².